The van der Waals surface area contributed by atoms with Crippen LogP contribution in [0.1, 0.15) is 26.5 Å². The van der Waals surface area contributed by atoms with Gasteiger partial charge in [0.15, 0.2) is 0 Å². The van der Waals surface area contributed by atoms with Crippen molar-refractivity contribution in [2.24, 2.45) is 5.92 Å². The number of nitrogens with one attached hydrogen (secondary N) is 1. The molecule has 1 aromatic heterocycles. The van der Waals surface area contributed by atoms with Crippen LogP contribution < -0.4 is 5.32 Å². The Kier molecular flexibility index (Phi) is 6.27. The fourth-order valence-corrected chi connectivity index (χ4v) is 3.21. The third-order valence-electron chi connectivity index (χ3n) is 4.70. The van der Waals surface area contributed by atoms with Crippen LogP contribution in [0.4, 0.5) is 0 Å². The molecule has 2 rings (SSSR count). The maximum atomic E-state index is 3.68. The first-order valence-electron chi connectivity index (χ1n) is 8.39. The van der Waals surface area contributed by atoms with Crippen molar-refractivity contribution in [3.63, 3.8) is 0 Å². The first-order valence-corrected chi connectivity index (χ1v) is 8.39. The summed E-state index contributed by atoms with van der Waals surface area (Å²) in [6.07, 6.45) is 2.16. The van der Waals surface area contributed by atoms with Crippen LogP contribution in [0.2, 0.25) is 0 Å². The second-order valence-electron chi connectivity index (χ2n) is 6.57. The Labute approximate surface area is 130 Å². The van der Waals surface area contributed by atoms with Gasteiger partial charge in [-0.15, -0.1) is 0 Å². The number of nitrogens with zero attached hydrogens (tertiary/aromatic N) is 3. The average Bonchev–Trinajstić information content (AvgIpc) is 2.92. The number of hydrogen-bond donors (Lipinski definition) is 1. The first kappa shape index (κ1) is 16.5. The number of aryl methyl sites for hydroxylation is 1. The van der Waals surface area contributed by atoms with Gasteiger partial charge in [-0.3, -0.25) is 4.90 Å². The Morgan fingerprint density at radius 2 is 1.90 bits per heavy atom. The smallest absolute Gasteiger partial charge is 0.0359 e. The second kappa shape index (κ2) is 7.97. The molecule has 1 atom stereocenters. The highest BCUT2D eigenvalue weighted by molar-refractivity contribution is 5.06. The molecular weight excluding hydrogens is 260 g/mol. The molecule has 1 aliphatic heterocycles. The van der Waals surface area contributed by atoms with E-state index in [4.69, 9.17) is 0 Å². The molecule has 1 N–H and O–H groups in total. The van der Waals surface area contributed by atoms with Crippen molar-refractivity contribution in [2.75, 3.05) is 39.8 Å². The topological polar surface area (TPSA) is 23.4 Å². The van der Waals surface area contributed by atoms with Gasteiger partial charge < -0.3 is 14.8 Å². The van der Waals surface area contributed by atoms with Gasteiger partial charge in [0.05, 0.1) is 0 Å². The molecule has 0 radical (unpaired) electrons. The normalized spacial score (nSPS) is 19.3. The highest BCUT2D eigenvalue weighted by Gasteiger charge is 2.24. The molecule has 1 saturated heterocycles. The lowest BCUT2D eigenvalue weighted by molar-refractivity contribution is 0.0874. The Bertz CT molecular complexity index is 405. The van der Waals surface area contributed by atoms with Crippen LogP contribution in [-0.4, -0.2) is 60.2 Å². The van der Waals surface area contributed by atoms with Crippen molar-refractivity contribution in [3.8, 4) is 0 Å². The molecule has 21 heavy (non-hydrogen) atoms. The van der Waals surface area contributed by atoms with Crippen molar-refractivity contribution in [2.45, 2.75) is 39.9 Å². The molecule has 2 heterocycles. The zero-order valence-corrected chi connectivity index (χ0v) is 14.2. The van der Waals surface area contributed by atoms with Gasteiger partial charge in [0.1, 0.15) is 0 Å². The average molecular weight is 292 g/mol. The molecule has 0 amide bonds. The summed E-state index contributed by atoms with van der Waals surface area (Å²) in [4.78, 5) is 5.09. The molecule has 1 aliphatic rings. The number of aromatic nitrogens is 1. The highest BCUT2D eigenvalue weighted by atomic mass is 15.3. The number of hydrogen-bond acceptors (Lipinski definition) is 3. The lowest BCUT2D eigenvalue weighted by Crippen LogP contribution is -2.53. The van der Waals surface area contributed by atoms with Crippen molar-refractivity contribution in [1.82, 2.24) is 19.7 Å². The van der Waals surface area contributed by atoms with Crippen molar-refractivity contribution in [1.29, 1.82) is 0 Å². The molecular formula is C17H32N4. The number of likely N-dealkylation sites (N-methyl/N-ethyl adjacent to an activating group) is 1. The van der Waals surface area contributed by atoms with Crippen LogP contribution in [0.25, 0.3) is 0 Å². The van der Waals surface area contributed by atoms with Gasteiger partial charge in [0.2, 0.25) is 0 Å². The molecule has 0 bridgehead atoms. The summed E-state index contributed by atoms with van der Waals surface area (Å²) < 4.78 is 2.31. The Balaban J connectivity index is 1.83. The van der Waals surface area contributed by atoms with E-state index in [0.717, 1.165) is 19.6 Å². The van der Waals surface area contributed by atoms with Gasteiger partial charge in [-0.25, -0.2) is 0 Å². The summed E-state index contributed by atoms with van der Waals surface area (Å²) in [5.74, 6) is 0.693. The van der Waals surface area contributed by atoms with Crippen molar-refractivity contribution >= 4 is 0 Å². The Morgan fingerprint density at radius 3 is 2.52 bits per heavy atom. The van der Waals surface area contributed by atoms with E-state index in [2.05, 4.69) is 65.8 Å². The van der Waals surface area contributed by atoms with Crippen LogP contribution in [-0.2, 0) is 13.1 Å². The molecule has 0 saturated carbocycles. The molecule has 4 heteroatoms. The van der Waals surface area contributed by atoms with Crippen LogP contribution >= 0.6 is 0 Å². The molecule has 1 aromatic rings. The maximum Gasteiger partial charge on any atom is 0.0359 e. The van der Waals surface area contributed by atoms with E-state index < -0.39 is 0 Å². The van der Waals surface area contributed by atoms with Gasteiger partial charge in [-0.2, -0.15) is 0 Å². The van der Waals surface area contributed by atoms with E-state index >= 15 is 0 Å². The molecule has 120 valence electrons. The summed E-state index contributed by atoms with van der Waals surface area (Å²) >= 11 is 0. The summed E-state index contributed by atoms with van der Waals surface area (Å²) in [5, 5.41) is 3.68. The van der Waals surface area contributed by atoms with Gasteiger partial charge in [-0.1, -0.05) is 13.8 Å². The van der Waals surface area contributed by atoms with Gasteiger partial charge >= 0.3 is 0 Å². The SMILES string of the molecule is CCn1cccc1CNCC(C(C)C)N1CCN(C)CC1. The standard InChI is InChI=1S/C17H32N4/c1-5-20-8-6-7-16(20)13-18-14-17(15(2)3)21-11-9-19(4)10-12-21/h6-8,15,17-18H,5,9-14H2,1-4H3. The van der Waals surface area contributed by atoms with Crippen LogP contribution in [0.15, 0.2) is 18.3 Å². The fourth-order valence-electron chi connectivity index (χ4n) is 3.21. The fraction of sp³-hybridized carbons (Fsp3) is 0.765. The minimum absolute atomic E-state index is 0.642. The Morgan fingerprint density at radius 1 is 1.19 bits per heavy atom. The lowest BCUT2D eigenvalue weighted by Gasteiger charge is -2.40. The van der Waals surface area contributed by atoms with E-state index in [-0.39, 0.29) is 0 Å². The van der Waals surface area contributed by atoms with E-state index in [1.165, 1.54) is 31.9 Å². The van der Waals surface area contributed by atoms with Gasteiger partial charge in [0.25, 0.3) is 0 Å². The molecule has 4 nitrogen and oxygen atoms in total. The third-order valence-corrected chi connectivity index (χ3v) is 4.70. The van der Waals surface area contributed by atoms with Gasteiger partial charge in [0, 0.05) is 63.7 Å². The van der Waals surface area contributed by atoms with Crippen molar-refractivity contribution in [3.05, 3.63) is 24.0 Å². The number of piperazine rings is 1. The van der Waals surface area contributed by atoms with E-state index in [1.54, 1.807) is 0 Å². The van der Waals surface area contributed by atoms with Crippen LogP contribution in [0.3, 0.4) is 0 Å². The molecule has 0 spiro atoms. The summed E-state index contributed by atoms with van der Waals surface area (Å²) in [6, 6.07) is 5.00. The zero-order chi connectivity index (χ0) is 15.2. The summed E-state index contributed by atoms with van der Waals surface area (Å²) in [6.45, 7) is 14.8. The summed E-state index contributed by atoms with van der Waals surface area (Å²) in [7, 11) is 2.22. The van der Waals surface area contributed by atoms with Crippen LogP contribution in [0, 0.1) is 5.92 Å². The maximum absolute atomic E-state index is 3.68. The zero-order valence-electron chi connectivity index (χ0n) is 14.2. The molecule has 1 fully saturated rings. The van der Waals surface area contributed by atoms with E-state index in [0.29, 0.717) is 12.0 Å². The van der Waals surface area contributed by atoms with E-state index in [9.17, 15) is 0 Å². The highest BCUT2D eigenvalue weighted by Crippen LogP contribution is 2.13. The first-order chi connectivity index (χ1) is 10.1. The minimum atomic E-state index is 0.642. The monoisotopic (exact) mass is 292 g/mol. The van der Waals surface area contributed by atoms with Gasteiger partial charge in [-0.05, 0) is 32.0 Å². The Hall–Kier alpha value is -0.840. The predicted octanol–water partition coefficient (Wildman–Crippen LogP) is 1.87. The number of rotatable bonds is 7. The second-order valence-corrected chi connectivity index (χ2v) is 6.57. The molecule has 0 aromatic carbocycles. The van der Waals surface area contributed by atoms with Crippen LogP contribution in [0.5, 0.6) is 0 Å². The van der Waals surface area contributed by atoms with E-state index in [1.807, 2.05) is 0 Å². The minimum Gasteiger partial charge on any atom is -0.351 e. The quantitative estimate of drug-likeness (QED) is 0.830. The molecule has 1 unspecified atom stereocenters. The van der Waals surface area contributed by atoms with Crippen molar-refractivity contribution < 1.29 is 0 Å². The third kappa shape index (κ3) is 4.56. The largest absolute Gasteiger partial charge is 0.351 e. The summed E-state index contributed by atoms with van der Waals surface area (Å²) in [5.41, 5.74) is 1.39. The molecule has 0 aliphatic carbocycles. The lowest BCUT2D eigenvalue weighted by atomic mass is 10.0. The predicted molar refractivity (Wildman–Crippen MR) is 89.5 cm³/mol.